The van der Waals surface area contributed by atoms with Crippen LogP contribution in [0.2, 0.25) is 0 Å². The molecule has 3 heteroatoms. The van der Waals surface area contributed by atoms with Gasteiger partial charge in [0.15, 0.2) is 0 Å². The van der Waals surface area contributed by atoms with Gasteiger partial charge in [0, 0.05) is 0 Å². The zero-order valence-corrected chi connectivity index (χ0v) is 12.7. The third-order valence-electron chi connectivity index (χ3n) is 3.20. The molecule has 0 aliphatic carbocycles. The van der Waals surface area contributed by atoms with Crippen LogP contribution in [0.25, 0.3) is 0 Å². The molecule has 21 heavy (non-hydrogen) atoms. The van der Waals surface area contributed by atoms with E-state index in [-0.39, 0.29) is 6.04 Å². The highest BCUT2D eigenvalue weighted by atomic mass is 16.5. The molecule has 1 atom stereocenters. The second kappa shape index (κ2) is 8.32. The van der Waals surface area contributed by atoms with Crippen LogP contribution in [0.1, 0.15) is 25.5 Å². The second-order valence-corrected chi connectivity index (χ2v) is 4.74. The summed E-state index contributed by atoms with van der Waals surface area (Å²) in [6.45, 7) is 6.28. The van der Waals surface area contributed by atoms with Crippen molar-refractivity contribution >= 4 is 0 Å². The van der Waals surface area contributed by atoms with Crippen LogP contribution >= 0.6 is 0 Å². The molecule has 0 spiro atoms. The van der Waals surface area contributed by atoms with Crippen molar-refractivity contribution in [2.75, 3.05) is 19.8 Å². The molecule has 0 aliphatic rings. The van der Waals surface area contributed by atoms with Gasteiger partial charge in [-0.15, -0.1) is 0 Å². The summed E-state index contributed by atoms with van der Waals surface area (Å²) < 4.78 is 11.3. The summed E-state index contributed by atoms with van der Waals surface area (Å²) in [5.74, 6) is 1.80. The molecule has 0 heterocycles. The average molecular weight is 285 g/mol. The molecule has 0 bridgehead atoms. The molecular weight excluding hydrogens is 262 g/mol. The van der Waals surface area contributed by atoms with E-state index in [0.29, 0.717) is 13.2 Å². The van der Waals surface area contributed by atoms with Gasteiger partial charge < -0.3 is 14.8 Å². The largest absolute Gasteiger partial charge is 0.494 e. The maximum Gasteiger partial charge on any atom is 0.119 e. The molecule has 0 amide bonds. The van der Waals surface area contributed by atoms with Gasteiger partial charge in [0.25, 0.3) is 0 Å². The first-order valence-electron chi connectivity index (χ1n) is 7.47. The lowest BCUT2D eigenvalue weighted by Gasteiger charge is -2.19. The van der Waals surface area contributed by atoms with Crippen molar-refractivity contribution in [2.45, 2.75) is 19.9 Å². The van der Waals surface area contributed by atoms with Crippen LogP contribution in [0.4, 0.5) is 0 Å². The third-order valence-corrected chi connectivity index (χ3v) is 3.20. The Morgan fingerprint density at radius 1 is 0.857 bits per heavy atom. The fraction of sp³-hybridized carbons (Fsp3) is 0.333. The van der Waals surface area contributed by atoms with Crippen LogP contribution in [0.5, 0.6) is 11.5 Å². The van der Waals surface area contributed by atoms with E-state index in [1.807, 2.05) is 49.4 Å². The summed E-state index contributed by atoms with van der Waals surface area (Å²) in [5, 5.41) is 3.45. The van der Waals surface area contributed by atoms with E-state index in [1.165, 1.54) is 5.56 Å². The number of hydrogen-bond acceptors (Lipinski definition) is 3. The maximum absolute atomic E-state index is 5.86. The molecule has 3 nitrogen and oxygen atoms in total. The smallest absolute Gasteiger partial charge is 0.119 e. The van der Waals surface area contributed by atoms with Crippen LogP contribution in [0, 0.1) is 0 Å². The van der Waals surface area contributed by atoms with Crippen LogP contribution < -0.4 is 14.8 Å². The monoisotopic (exact) mass is 285 g/mol. The zero-order chi connectivity index (χ0) is 14.9. The quantitative estimate of drug-likeness (QED) is 0.800. The summed E-state index contributed by atoms with van der Waals surface area (Å²) in [6, 6.07) is 18.3. The second-order valence-electron chi connectivity index (χ2n) is 4.74. The molecule has 0 saturated heterocycles. The lowest BCUT2D eigenvalue weighted by Crippen LogP contribution is -2.26. The van der Waals surface area contributed by atoms with Crippen molar-refractivity contribution < 1.29 is 9.47 Å². The summed E-state index contributed by atoms with van der Waals surface area (Å²) in [5.41, 5.74) is 1.20. The first-order valence-corrected chi connectivity index (χ1v) is 7.47. The van der Waals surface area contributed by atoms with Crippen molar-refractivity contribution in [3.8, 4) is 11.5 Å². The van der Waals surface area contributed by atoms with Gasteiger partial charge >= 0.3 is 0 Å². The number of benzene rings is 2. The van der Waals surface area contributed by atoms with Gasteiger partial charge in [-0.25, -0.2) is 0 Å². The Kier molecular flexibility index (Phi) is 6.10. The SMILES string of the molecule is CCNC(COc1ccccc1)c1ccc(OCC)cc1. The van der Waals surface area contributed by atoms with Gasteiger partial charge in [-0.2, -0.15) is 0 Å². The minimum atomic E-state index is 0.172. The maximum atomic E-state index is 5.86. The van der Waals surface area contributed by atoms with E-state index in [4.69, 9.17) is 9.47 Å². The Bertz CT molecular complexity index is 511. The highest BCUT2D eigenvalue weighted by molar-refractivity contribution is 5.29. The molecule has 2 aromatic carbocycles. The lowest BCUT2D eigenvalue weighted by atomic mass is 10.1. The van der Waals surface area contributed by atoms with Crippen LogP contribution in [-0.4, -0.2) is 19.8 Å². The predicted octanol–water partition coefficient (Wildman–Crippen LogP) is 3.81. The molecule has 0 aliphatic heterocycles. The topological polar surface area (TPSA) is 30.5 Å². The normalized spacial score (nSPS) is 11.9. The Labute approximate surface area is 126 Å². The van der Waals surface area contributed by atoms with Gasteiger partial charge in [-0.3, -0.25) is 0 Å². The number of likely N-dealkylation sites (N-methyl/N-ethyl adjacent to an activating group) is 1. The minimum absolute atomic E-state index is 0.172. The molecule has 0 saturated carbocycles. The molecule has 0 radical (unpaired) electrons. The van der Waals surface area contributed by atoms with Crippen LogP contribution in [-0.2, 0) is 0 Å². The zero-order valence-electron chi connectivity index (χ0n) is 12.7. The lowest BCUT2D eigenvalue weighted by molar-refractivity contribution is 0.268. The van der Waals surface area contributed by atoms with Gasteiger partial charge in [0.05, 0.1) is 12.6 Å². The molecule has 1 unspecified atom stereocenters. The molecule has 0 fully saturated rings. The molecule has 2 rings (SSSR count). The summed E-state index contributed by atoms with van der Waals surface area (Å²) in [6.07, 6.45) is 0. The molecule has 112 valence electrons. The molecule has 0 aromatic heterocycles. The average Bonchev–Trinajstić information content (AvgIpc) is 2.54. The van der Waals surface area contributed by atoms with Crippen LogP contribution in [0.3, 0.4) is 0 Å². The van der Waals surface area contributed by atoms with Crippen molar-refractivity contribution in [1.82, 2.24) is 5.32 Å². The Hall–Kier alpha value is -2.00. The third kappa shape index (κ3) is 4.80. The highest BCUT2D eigenvalue weighted by Gasteiger charge is 2.11. The number of hydrogen-bond donors (Lipinski definition) is 1. The van der Waals surface area contributed by atoms with E-state index < -0.39 is 0 Å². The van der Waals surface area contributed by atoms with Crippen molar-refractivity contribution in [3.05, 3.63) is 60.2 Å². The first-order chi connectivity index (χ1) is 10.3. The van der Waals surface area contributed by atoms with Gasteiger partial charge in [0.1, 0.15) is 18.1 Å². The Morgan fingerprint density at radius 2 is 1.52 bits per heavy atom. The fourth-order valence-electron chi connectivity index (χ4n) is 2.18. The fourth-order valence-corrected chi connectivity index (χ4v) is 2.18. The number of nitrogens with one attached hydrogen (secondary N) is 1. The Balaban J connectivity index is 2.00. The van der Waals surface area contributed by atoms with Crippen molar-refractivity contribution in [2.24, 2.45) is 0 Å². The number of para-hydroxylation sites is 1. The predicted molar refractivity (Wildman–Crippen MR) is 86.0 cm³/mol. The van der Waals surface area contributed by atoms with E-state index in [9.17, 15) is 0 Å². The van der Waals surface area contributed by atoms with Gasteiger partial charge in [0.2, 0.25) is 0 Å². The number of ether oxygens (including phenoxy) is 2. The van der Waals surface area contributed by atoms with Gasteiger partial charge in [-0.05, 0) is 43.3 Å². The van der Waals surface area contributed by atoms with E-state index >= 15 is 0 Å². The van der Waals surface area contributed by atoms with Crippen molar-refractivity contribution in [1.29, 1.82) is 0 Å². The highest BCUT2D eigenvalue weighted by Crippen LogP contribution is 2.19. The summed E-state index contributed by atoms with van der Waals surface area (Å²) in [7, 11) is 0. The van der Waals surface area contributed by atoms with E-state index in [2.05, 4.69) is 24.4 Å². The molecule has 1 N–H and O–H groups in total. The number of rotatable bonds is 8. The standard InChI is InChI=1S/C18H23NO2/c1-3-19-18(14-21-16-8-6-5-7-9-16)15-10-12-17(13-11-15)20-4-2/h5-13,18-19H,3-4,14H2,1-2H3. The minimum Gasteiger partial charge on any atom is -0.494 e. The van der Waals surface area contributed by atoms with Crippen LogP contribution in [0.15, 0.2) is 54.6 Å². The first kappa shape index (κ1) is 15.4. The molecular formula is C18H23NO2. The van der Waals surface area contributed by atoms with E-state index in [0.717, 1.165) is 18.0 Å². The Morgan fingerprint density at radius 3 is 2.14 bits per heavy atom. The van der Waals surface area contributed by atoms with E-state index in [1.54, 1.807) is 0 Å². The summed E-state index contributed by atoms with van der Waals surface area (Å²) in [4.78, 5) is 0. The van der Waals surface area contributed by atoms with Gasteiger partial charge in [-0.1, -0.05) is 37.3 Å². The van der Waals surface area contributed by atoms with Crippen molar-refractivity contribution in [3.63, 3.8) is 0 Å². The summed E-state index contributed by atoms with van der Waals surface area (Å²) >= 11 is 0. The molecule has 2 aromatic rings.